The lowest BCUT2D eigenvalue weighted by Gasteiger charge is -2.54. The van der Waals surface area contributed by atoms with Gasteiger partial charge in [0.05, 0.1) is 16.8 Å². The molecule has 8 heteroatoms. The third-order valence-corrected chi connectivity index (χ3v) is 8.86. The number of hydrogen-bond donors (Lipinski definition) is 3. The van der Waals surface area contributed by atoms with E-state index in [2.05, 4.69) is 29.0 Å². The number of phenolic OH excluding ortho intramolecular Hbond substituents is 1. The number of carbonyl (C=O) groups is 2. The molecule has 0 amide bonds. The molecule has 2 aromatic carbocycles. The number of methoxy groups -OCH3 is 2. The van der Waals surface area contributed by atoms with E-state index in [-0.39, 0.29) is 40.3 Å². The number of anilines is 1. The van der Waals surface area contributed by atoms with Crippen LogP contribution in [-0.4, -0.2) is 59.0 Å². The summed E-state index contributed by atoms with van der Waals surface area (Å²) < 4.78 is 18.4. The molecular formula is C30H23NO7. The standard InChI is InChI=1S/C30H23NO7/c1-16-15-28(36-2,37-3)27(35)13-9-5-4-6-12-21-29(16)30(27,38-29)19-14-20(32)22-23(24(19)31-21)26(34)18-11-8-7-10-17(18)25(22)33/h4-5,7-8,10-11,14,16,21,31-32,35H,15H2,1-3H3/b5-4-/t16-,21-,27?,29-,30-/m0/s1. The lowest BCUT2D eigenvalue weighted by molar-refractivity contribution is -0.316. The van der Waals surface area contributed by atoms with E-state index < -0.39 is 45.9 Å². The van der Waals surface area contributed by atoms with E-state index in [0.29, 0.717) is 5.56 Å². The molecule has 2 heterocycles. The average Bonchev–Trinajstić information content (AvgIpc) is 3.66. The fraction of sp³-hybridized carbons (Fsp3) is 0.333. The maximum atomic E-state index is 13.9. The number of epoxide rings is 1. The summed E-state index contributed by atoms with van der Waals surface area (Å²) in [4.78, 5) is 27.4. The second kappa shape index (κ2) is 7.13. The zero-order chi connectivity index (χ0) is 26.7. The maximum absolute atomic E-state index is 13.9. The van der Waals surface area contributed by atoms with Crippen molar-refractivity contribution in [2.45, 2.75) is 42.0 Å². The first-order valence-electron chi connectivity index (χ1n) is 12.3. The van der Waals surface area contributed by atoms with Crippen molar-refractivity contribution in [2.75, 3.05) is 19.5 Å². The van der Waals surface area contributed by atoms with Gasteiger partial charge in [0.15, 0.2) is 17.2 Å². The van der Waals surface area contributed by atoms with Gasteiger partial charge in [-0.2, -0.15) is 0 Å². The molecule has 1 saturated carbocycles. The average molecular weight is 510 g/mol. The van der Waals surface area contributed by atoms with Crippen LogP contribution in [0.3, 0.4) is 0 Å². The highest BCUT2D eigenvalue weighted by molar-refractivity contribution is 6.31. The molecule has 2 aliphatic heterocycles. The summed E-state index contributed by atoms with van der Waals surface area (Å²) in [6.45, 7) is 1.95. The van der Waals surface area contributed by atoms with Gasteiger partial charge >= 0.3 is 0 Å². The molecule has 7 rings (SSSR count). The lowest BCUT2D eigenvalue weighted by Crippen LogP contribution is -2.72. The van der Waals surface area contributed by atoms with E-state index in [4.69, 9.17) is 14.2 Å². The van der Waals surface area contributed by atoms with Crippen LogP contribution in [0.15, 0.2) is 42.5 Å². The highest BCUT2D eigenvalue weighted by Crippen LogP contribution is 2.76. The number of benzene rings is 2. The van der Waals surface area contributed by atoms with Crippen molar-refractivity contribution < 1.29 is 34.0 Å². The molecule has 0 spiro atoms. The van der Waals surface area contributed by atoms with Crippen molar-refractivity contribution >= 4 is 17.3 Å². The number of fused-ring (bicyclic) bond motifs is 4. The predicted octanol–water partition coefficient (Wildman–Crippen LogP) is 2.26. The van der Waals surface area contributed by atoms with Crippen molar-refractivity contribution in [2.24, 2.45) is 5.92 Å². The molecule has 4 bridgehead atoms. The first kappa shape index (κ1) is 23.2. The fourth-order valence-electron chi connectivity index (χ4n) is 7.20. The third kappa shape index (κ3) is 2.26. The number of ketones is 2. The van der Waals surface area contributed by atoms with Gasteiger partial charge in [-0.1, -0.05) is 54.9 Å². The minimum Gasteiger partial charge on any atom is -0.507 e. The first-order valence-corrected chi connectivity index (χ1v) is 12.3. The molecule has 8 nitrogen and oxygen atoms in total. The second-order valence-corrected chi connectivity index (χ2v) is 10.3. The maximum Gasteiger partial charge on any atom is 0.216 e. The van der Waals surface area contributed by atoms with Crippen molar-refractivity contribution in [1.82, 2.24) is 0 Å². The minimum atomic E-state index is -2.09. The van der Waals surface area contributed by atoms with Gasteiger partial charge in [-0.05, 0) is 24.1 Å². The van der Waals surface area contributed by atoms with E-state index in [0.717, 1.165) is 0 Å². The summed E-state index contributed by atoms with van der Waals surface area (Å²) in [6, 6.07) is 7.19. The van der Waals surface area contributed by atoms with Crippen LogP contribution in [0.5, 0.6) is 5.75 Å². The summed E-state index contributed by atoms with van der Waals surface area (Å²) in [7, 11) is 2.86. The predicted molar refractivity (Wildman–Crippen MR) is 134 cm³/mol. The topological polar surface area (TPSA) is 118 Å². The number of carbonyl (C=O) groups excluding carboxylic acids is 2. The molecule has 2 fully saturated rings. The summed E-state index contributed by atoms with van der Waals surface area (Å²) >= 11 is 0. The Bertz CT molecular complexity index is 1650. The Kier molecular flexibility index (Phi) is 4.36. The number of ether oxygens (including phenoxy) is 3. The van der Waals surface area contributed by atoms with Crippen molar-refractivity contribution in [3.63, 3.8) is 0 Å². The number of hydrogen-bond acceptors (Lipinski definition) is 8. The zero-order valence-corrected chi connectivity index (χ0v) is 20.8. The van der Waals surface area contributed by atoms with Crippen LogP contribution in [0, 0.1) is 29.6 Å². The Labute approximate surface area is 218 Å². The molecule has 3 aliphatic carbocycles. The van der Waals surface area contributed by atoms with Crippen LogP contribution < -0.4 is 5.32 Å². The summed E-state index contributed by atoms with van der Waals surface area (Å²) in [5.74, 6) is 8.77. The minimum absolute atomic E-state index is 0.00976. The highest BCUT2D eigenvalue weighted by atomic mass is 16.7. The van der Waals surface area contributed by atoms with Gasteiger partial charge in [0.25, 0.3) is 0 Å². The smallest absolute Gasteiger partial charge is 0.216 e. The highest BCUT2D eigenvalue weighted by Gasteiger charge is 2.92. The molecule has 1 saturated heterocycles. The Morgan fingerprint density at radius 2 is 1.71 bits per heavy atom. The largest absolute Gasteiger partial charge is 0.507 e. The van der Waals surface area contributed by atoms with Gasteiger partial charge in [0.2, 0.25) is 11.4 Å². The Hall–Kier alpha value is -3.92. The number of aromatic hydroxyl groups is 1. The Morgan fingerprint density at radius 1 is 1.05 bits per heavy atom. The summed E-state index contributed by atoms with van der Waals surface area (Å²) in [5, 5.41) is 27.2. The first-order chi connectivity index (χ1) is 18.2. The number of rotatable bonds is 2. The third-order valence-electron chi connectivity index (χ3n) is 8.86. The van der Waals surface area contributed by atoms with Gasteiger partial charge in [-0.25, -0.2) is 0 Å². The summed E-state index contributed by atoms with van der Waals surface area (Å²) in [5.41, 5.74) is -3.88. The molecule has 1 unspecified atom stereocenters. The van der Waals surface area contributed by atoms with Gasteiger partial charge in [0.1, 0.15) is 17.4 Å². The Morgan fingerprint density at radius 3 is 2.39 bits per heavy atom. The van der Waals surface area contributed by atoms with E-state index in [1.807, 2.05) is 6.92 Å². The molecule has 0 aromatic heterocycles. The van der Waals surface area contributed by atoms with Crippen LogP contribution in [0.25, 0.3) is 0 Å². The van der Waals surface area contributed by atoms with Crippen LogP contribution >= 0.6 is 0 Å². The van der Waals surface area contributed by atoms with E-state index in [9.17, 15) is 19.8 Å². The fourth-order valence-corrected chi connectivity index (χ4v) is 7.20. The van der Waals surface area contributed by atoms with Crippen LogP contribution in [-0.2, 0) is 19.8 Å². The number of phenols is 1. The van der Waals surface area contributed by atoms with Gasteiger partial charge < -0.3 is 29.7 Å². The molecule has 0 radical (unpaired) electrons. The normalized spacial score (nSPS) is 34.9. The lowest BCUT2D eigenvalue weighted by atomic mass is 9.55. The monoisotopic (exact) mass is 509 g/mol. The Balaban J connectivity index is 1.60. The van der Waals surface area contributed by atoms with Crippen LogP contribution in [0.4, 0.5) is 5.69 Å². The molecule has 2 aromatic rings. The molecule has 190 valence electrons. The quantitative estimate of drug-likeness (QED) is 0.209. The summed E-state index contributed by atoms with van der Waals surface area (Å²) in [6.07, 6.45) is 3.32. The number of aliphatic hydroxyl groups is 1. The SMILES string of the molecule is COC1(OC)C[C@H](C)[C@@]23O[C@]24c2cc(O)c5c(c2N[C@H]3C#C/C=C\C#CC14O)C(=O)c1ccccc1C5=O. The van der Waals surface area contributed by atoms with Crippen molar-refractivity contribution in [3.8, 4) is 29.4 Å². The van der Waals surface area contributed by atoms with Gasteiger partial charge in [-0.15, -0.1) is 0 Å². The second-order valence-electron chi connectivity index (χ2n) is 10.3. The van der Waals surface area contributed by atoms with E-state index >= 15 is 0 Å². The van der Waals surface area contributed by atoms with Crippen molar-refractivity contribution in [1.29, 1.82) is 0 Å². The van der Waals surface area contributed by atoms with Crippen LogP contribution in [0.2, 0.25) is 0 Å². The molecule has 3 N–H and O–H groups in total. The van der Waals surface area contributed by atoms with Crippen LogP contribution in [0.1, 0.15) is 50.8 Å². The van der Waals surface area contributed by atoms with E-state index in [1.165, 1.54) is 26.4 Å². The van der Waals surface area contributed by atoms with Crippen molar-refractivity contribution in [3.05, 3.63) is 70.3 Å². The van der Waals surface area contributed by atoms with Gasteiger partial charge in [-0.3, -0.25) is 9.59 Å². The zero-order valence-electron chi connectivity index (χ0n) is 20.8. The number of nitrogens with one attached hydrogen (secondary N) is 1. The van der Waals surface area contributed by atoms with E-state index in [1.54, 1.807) is 30.3 Å². The molecule has 5 atom stereocenters. The molecular weight excluding hydrogens is 486 g/mol. The number of allylic oxidation sites excluding steroid dienone is 2. The van der Waals surface area contributed by atoms with Gasteiger partial charge in [0, 0.05) is 37.3 Å². The molecule has 38 heavy (non-hydrogen) atoms. The molecule has 5 aliphatic rings.